The summed E-state index contributed by atoms with van der Waals surface area (Å²) < 4.78 is 0. The predicted molar refractivity (Wildman–Crippen MR) is 96.4 cm³/mol. The van der Waals surface area contributed by atoms with Gasteiger partial charge in [-0.05, 0) is 82.8 Å². The van der Waals surface area contributed by atoms with Crippen LogP contribution in [-0.2, 0) is 16.6 Å². The number of benzene rings is 1. The summed E-state index contributed by atoms with van der Waals surface area (Å²) in [5, 5.41) is 21.5. The molecule has 24 heavy (non-hydrogen) atoms. The molecule has 1 heterocycles. The normalized spacial score (nSPS) is 32.6. The fourth-order valence-corrected chi connectivity index (χ4v) is 4.81. The maximum atomic E-state index is 11.5. The Morgan fingerprint density at radius 1 is 1.33 bits per heavy atom. The van der Waals surface area contributed by atoms with Crippen LogP contribution in [0.3, 0.4) is 0 Å². The van der Waals surface area contributed by atoms with E-state index in [1.165, 1.54) is 18.1 Å². The van der Waals surface area contributed by atoms with Crippen LogP contribution in [0.25, 0.3) is 0 Å². The number of carbonyl (C=O) groups excluding carboxylic acids is 1. The highest BCUT2D eigenvalue weighted by molar-refractivity contribution is 5.45. The highest BCUT2D eigenvalue weighted by Gasteiger charge is 2.60. The summed E-state index contributed by atoms with van der Waals surface area (Å²) in [6, 6.07) is 5.86. The van der Waals surface area contributed by atoms with Crippen molar-refractivity contribution in [3.05, 3.63) is 29.3 Å². The van der Waals surface area contributed by atoms with E-state index in [0.717, 1.165) is 44.9 Å². The van der Waals surface area contributed by atoms with Gasteiger partial charge in [-0.1, -0.05) is 13.0 Å². The maximum absolute atomic E-state index is 11.5. The average molecular weight is 333 g/mol. The number of likely N-dealkylation sites (tertiary alicyclic amines) is 1. The van der Waals surface area contributed by atoms with Gasteiger partial charge >= 0.3 is 0 Å². The molecule has 0 spiro atoms. The van der Waals surface area contributed by atoms with Crippen LogP contribution in [0.15, 0.2) is 18.2 Å². The number of hydrogen-bond donors (Lipinski definition) is 2. The number of aromatic hydroxyl groups is 1. The number of aldehydes is 1. The first kappa shape index (κ1) is 18.9. The molecule has 0 bridgehead atoms. The van der Waals surface area contributed by atoms with Gasteiger partial charge in [-0.15, -0.1) is 0 Å². The Morgan fingerprint density at radius 2 is 2.00 bits per heavy atom. The van der Waals surface area contributed by atoms with Gasteiger partial charge < -0.3 is 19.9 Å². The number of nitrogens with zero attached hydrogens (tertiary/aromatic N) is 1. The molecule has 2 fully saturated rings. The van der Waals surface area contributed by atoms with E-state index in [1.54, 1.807) is 6.07 Å². The smallest absolute Gasteiger partial charge is 0.116 e. The van der Waals surface area contributed by atoms with Crippen molar-refractivity contribution >= 4 is 6.29 Å². The minimum atomic E-state index is -0.683. The van der Waals surface area contributed by atoms with Crippen LogP contribution in [0, 0.1) is 0 Å². The molecular formula is C20H31NO3. The van der Waals surface area contributed by atoms with Crippen molar-refractivity contribution < 1.29 is 15.0 Å². The first-order valence-corrected chi connectivity index (χ1v) is 9.01. The summed E-state index contributed by atoms with van der Waals surface area (Å²) >= 11 is 0. The van der Waals surface area contributed by atoms with Gasteiger partial charge in [0.2, 0.25) is 0 Å². The first-order valence-electron chi connectivity index (χ1n) is 9.01. The third kappa shape index (κ3) is 2.86. The Kier molecular flexibility index (Phi) is 5.71. The Morgan fingerprint density at radius 3 is 2.62 bits per heavy atom. The summed E-state index contributed by atoms with van der Waals surface area (Å²) in [6.07, 6.45) is 5.61. The molecule has 1 aliphatic carbocycles. The number of likely N-dealkylation sites (N-methyl/N-ethyl adjacent to an activating group) is 1. The van der Waals surface area contributed by atoms with Crippen LogP contribution in [0.2, 0.25) is 0 Å². The molecule has 1 aromatic rings. The van der Waals surface area contributed by atoms with Gasteiger partial charge in [0, 0.05) is 11.5 Å². The minimum Gasteiger partial charge on any atom is -0.508 e. The molecule has 3 atom stereocenters. The van der Waals surface area contributed by atoms with E-state index in [9.17, 15) is 10.2 Å². The van der Waals surface area contributed by atoms with E-state index in [4.69, 9.17) is 4.79 Å². The zero-order chi connectivity index (χ0) is 18.0. The summed E-state index contributed by atoms with van der Waals surface area (Å²) in [4.78, 5) is 11.1. The van der Waals surface area contributed by atoms with Crippen LogP contribution in [-0.4, -0.2) is 46.6 Å². The van der Waals surface area contributed by atoms with E-state index < -0.39 is 5.60 Å². The molecule has 0 radical (unpaired) electrons. The highest BCUT2D eigenvalue weighted by atomic mass is 16.3. The van der Waals surface area contributed by atoms with Gasteiger partial charge in [0.25, 0.3) is 0 Å². The lowest BCUT2D eigenvalue weighted by atomic mass is 9.61. The fourth-order valence-electron chi connectivity index (χ4n) is 4.81. The first-order chi connectivity index (χ1) is 11.4. The second-order valence-corrected chi connectivity index (χ2v) is 7.20. The molecule has 2 aliphatic rings. The molecule has 1 saturated carbocycles. The Bertz CT molecular complexity index is 588. The quantitative estimate of drug-likeness (QED) is 0.817. The van der Waals surface area contributed by atoms with Crippen molar-refractivity contribution in [1.82, 2.24) is 4.90 Å². The van der Waals surface area contributed by atoms with Gasteiger partial charge in [-0.3, -0.25) is 0 Å². The Hall–Kier alpha value is -1.39. The number of phenolic OH excluding ortho intramolecular Hbond substituents is 1. The standard InChI is InChI=1S/C18H27NO2.C2H4O/c1-4-14-6-7-15(20)12-16(14)17-8-5-9-18(17,21)13(2)19(3)11-10-17;1-2-3/h6-7,12-13,20-21H,4-5,8-11H2,1-3H3;2H,1H3. The number of fused-ring (bicyclic) bond motifs is 1. The third-order valence-corrected chi connectivity index (χ3v) is 6.22. The van der Waals surface area contributed by atoms with Crippen LogP contribution in [0.1, 0.15) is 57.6 Å². The zero-order valence-electron chi connectivity index (χ0n) is 15.4. The van der Waals surface area contributed by atoms with Gasteiger partial charge in [0.1, 0.15) is 12.0 Å². The number of aryl methyl sites for hydroxylation is 1. The lowest BCUT2D eigenvalue weighted by Gasteiger charge is -2.54. The van der Waals surface area contributed by atoms with Crippen molar-refractivity contribution in [2.24, 2.45) is 0 Å². The zero-order valence-corrected chi connectivity index (χ0v) is 15.4. The van der Waals surface area contributed by atoms with Gasteiger partial charge in [0.05, 0.1) is 5.60 Å². The van der Waals surface area contributed by atoms with Crippen molar-refractivity contribution in [2.45, 2.75) is 69.9 Å². The van der Waals surface area contributed by atoms with Crippen molar-refractivity contribution in [3.63, 3.8) is 0 Å². The van der Waals surface area contributed by atoms with E-state index in [0.29, 0.717) is 5.75 Å². The summed E-state index contributed by atoms with van der Waals surface area (Å²) in [5.41, 5.74) is 1.58. The Labute approximate surface area is 145 Å². The molecule has 0 amide bonds. The number of rotatable bonds is 2. The molecule has 134 valence electrons. The molecule has 1 aliphatic heterocycles. The number of phenols is 1. The number of piperidine rings is 1. The second-order valence-electron chi connectivity index (χ2n) is 7.20. The minimum absolute atomic E-state index is 0.154. The third-order valence-electron chi connectivity index (χ3n) is 6.22. The van der Waals surface area contributed by atoms with E-state index >= 15 is 0 Å². The van der Waals surface area contributed by atoms with Crippen molar-refractivity contribution in [2.75, 3.05) is 13.6 Å². The topological polar surface area (TPSA) is 60.8 Å². The molecule has 1 aromatic carbocycles. The number of carbonyl (C=O) groups is 1. The molecular weight excluding hydrogens is 302 g/mol. The fraction of sp³-hybridized carbons (Fsp3) is 0.650. The average Bonchev–Trinajstić information content (AvgIpc) is 2.91. The second kappa shape index (κ2) is 7.24. The molecule has 1 saturated heterocycles. The highest BCUT2D eigenvalue weighted by Crippen LogP contribution is 2.56. The lowest BCUT2D eigenvalue weighted by Crippen LogP contribution is -2.64. The van der Waals surface area contributed by atoms with E-state index in [1.807, 2.05) is 12.1 Å². The largest absolute Gasteiger partial charge is 0.508 e. The van der Waals surface area contributed by atoms with Crippen LogP contribution >= 0.6 is 0 Å². The molecule has 4 heteroatoms. The number of aliphatic hydroxyl groups is 1. The van der Waals surface area contributed by atoms with Crippen LogP contribution in [0.5, 0.6) is 5.75 Å². The molecule has 2 N–H and O–H groups in total. The number of hydrogen-bond acceptors (Lipinski definition) is 4. The van der Waals surface area contributed by atoms with Crippen LogP contribution in [0.4, 0.5) is 0 Å². The predicted octanol–water partition coefficient (Wildman–Crippen LogP) is 3.04. The summed E-state index contributed by atoms with van der Waals surface area (Å²) in [7, 11) is 2.11. The van der Waals surface area contributed by atoms with Crippen LogP contribution < -0.4 is 0 Å². The molecule has 3 unspecified atom stereocenters. The monoisotopic (exact) mass is 333 g/mol. The summed E-state index contributed by atoms with van der Waals surface area (Å²) in [5.74, 6) is 0.317. The van der Waals surface area contributed by atoms with E-state index in [-0.39, 0.29) is 11.5 Å². The van der Waals surface area contributed by atoms with Gasteiger partial charge in [0.15, 0.2) is 0 Å². The van der Waals surface area contributed by atoms with Crippen molar-refractivity contribution in [3.8, 4) is 5.75 Å². The van der Waals surface area contributed by atoms with Gasteiger partial charge in [-0.2, -0.15) is 0 Å². The maximum Gasteiger partial charge on any atom is 0.116 e. The molecule has 3 rings (SSSR count). The molecule has 4 nitrogen and oxygen atoms in total. The Balaban J connectivity index is 0.000000647. The van der Waals surface area contributed by atoms with E-state index in [2.05, 4.69) is 25.8 Å². The molecule has 0 aromatic heterocycles. The summed E-state index contributed by atoms with van der Waals surface area (Å²) in [6.45, 7) is 6.74. The lowest BCUT2D eigenvalue weighted by molar-refractivity contribution is -0.110. The SMILES string of the molecule is CC=O.CCc1ccc(O)cc1C12CCCC1(O)C(C)N(C)CC2. The van der Waals surface area contributed by atoms with Gasteiger partial charge in [-0.25, -0.2) is 0 Å². The van der Waals surface area contributed by atoms with Crippen molar-refractivity contribution in [1.29, 1.82) is 0 Å².